The summed E-state index contributed by atoms with van der Waals surface area (Å²) in [6.45, 7) is 2.29. The van der Waals surface area contributed by atoms with Crippen molar-refractivity contribution in [3.8, 4) is 5.69 Å². The Labute approximate surface area is 142 Å². The molecule has 0 spiro atoms. The van der Waals surface area contributed by atoms with E-state index in [1.54, 1.807) is 11.6 Å². The van der Waals surface area contributed by atoms with Gasteiger partial charge in [-0.1, -0.05) is 18.2 Å². The van der Waals surface area contributed by atoms with Crippen LogP contribution in [0.25, 0.3) is 5.69 Å². The molecule has 1 fully saturated rings. The van der Waals surface area contributed by atoms with Gasteiger partial charge in [0.2, 0.25) is 5.91 Å². The van der Waals surface area contributed by atoms with Gasteiger partial charge in [-0.15, -0.1) is 5.10 Å². The predicted molar refractivity (Wildman–Crippen MR) is 90.5 cm³/mol. The smallest absolute Gasteiger partial charge is 0.217 e. The zero-order valence-corrected chi connectivity index (χ0v) is 14.2. The first-order chi connectivity index (χ1) is 11.6. The number of aromatic nitrogens is 4. The van der Waals surface area contributed by atoms with Crippen molar-refractivity contribution >= 4 is 5.91 Å². The van der Waals surface area contributed by atoms with E-state index in [0.29, 0.717) is 18.6 Å². The molecule has 7 nitrogen and oxygen atoms in total. The number of carbonyl (C=O) groups is 1. The Kier molecular flexibility index (Phi) is 5.20. The Bertz CT molecular complexity index is 663. The number of nitrogens with zero attached hydrogens (tertiary/aromatic N) is 5. The van der Waals surface area contributed by atoms with Crippen molar-refractivity contribution in [2.75, 3.05) is 7.05 Å². The Morgan fingerprint density at radius 1 is 1.25 bits per heavy atom. The molecule has 1 aromatic carbocycles. The van der Waals surface area contributed by atoms with E-state index >= 15 is 0 Å². The zero-order valence-electron chi connectivity index (χ0n) is 14.2. The highest BCUT2D eigenvalue weighted by Crippen LogP contribution is 2.23. The van der Waals surface area contributed by atoms with Gasteiger partial charge in [-0.2, -0.15) is 4.68 Å². The van der Waals surface area contributed by atoms with Crippen LogP contribution in [0.4, 0.5) is 0 Å². The number of benzene rings is 1. The van der Waals surface area contributed by atoms with Crippen molar-refractivity contribution < 1.29 is 4.79 Å². The minimum Gasteiger partial charge on any atom is -0.354 e. The fraction of sp³-hybridized carbons (Fsp3) is 0.529. The third kappa shape index (κ3) is 3.97. The van der Waals surface area contributed by atoms with Crippen LogP contribution in [0.15, 0.2) is 30.3 Å². The molecule has 0 aliphatic heterocycles. The van der Waals surface area contributed by atoms with Crippen molar-refractivity contribution in [3.05, 3.63) is 36.2 Å². The maximum Gasteiger partial charge on any atom is 0.217 e. The van der Waals surface area contributed by atoms with Crippen molar-refractivity contribution in [2.24, 2.45) is 0 Å². The molecule has 1 aliphatic rings. The Morgan fingerprint density at radius 3 is 2.62 bits per heavy atom. The van der Waals surface area contributed by atoms with E-state index in [-0.39, 0.29) is 5.91 Å². The first-order valence-corrected chi connectivity index (χ1v) is 8.43. The molecular formula is C17H24N6O. The van der Waals surface area contributed by atoms with E-state index < -0.39 is 0 Å². The Hall–Kier alpha value is -2.28. The largest absolute Gasteiger partial charge is 0.354 e. The molecule has 1 N–H and O–H groups in total. The summed E-state index contributed by atoms with van der Waals surface area (Å²) in [6.07, 6.45) is 4.21. The number of tetrazole rings is 1. The summed E-state index contributed by atoms with van der Waals surface area (Å²) in [7, 11) is 2.12. The summed E-state index contributed by atoms with van der Waals surface area (Å²) in [4.78, 5) is 13.5. The van der Waals surface area contributed by atoms with Crippen LogP contribution >= 0.6 is 0 Å². The van der Waals surface area contributed by atoms with Crippen molar-refractivity contribution in [2.45, 2.75) is 51.2 Å². The van der Waals surface area contributed by atoms with Crippen molar-refractivity contribution in [3.63, 3.8) is 0 Å². The van der Waals surface area contributed by atoms with Gasteiger partial charge in [-0.05, 0) is 55.3 Å². The van der Waals surface area contributed by atoms with Gasteiger partial charge in [0.05, 0.1) is 12.2 Å². The highest BCUT2D eigenvalue weighted by molar-refractivity contribution is 5.73. The highest BCUT2D eigenvalue weighted by Gasteiger charge is 2.25. The third-order valence-electron chi connectivity index (χ3n) is 4.65. The number of carbonyl (C=O) groups excluding carboxylic acids is 1. The number of hydrogen-bond donors (Lipinski definition) is 1. The van der Waals surface area contributed by atoms with E-state index in [1.165, 1.54) is 0 Å². The molecule has 1 aliphatic carbocycles. The van der Waals surface area contributed by atoms with Crippen LogP contribution in [-0.2, 0) is 11.3 Å². The molecule has 0 radical (unpaired) electrons. The first kappa shape index (κ1) is 16.6. The van der Waals surface area contributed by atoms with Crippen LogP contribution < -0.4 is 5.32 Å². The van der Waals surface area contributed by atoms with Gasteiger partial charge >= 0.3 is 0 Å². The lowest BCUT2D eigenvalue weighted by atomic mass is 9.90. The minimum atomic E-state index is 0.0637. The summed E-state index contributed by atoms with van der Waals surface area (Å²) < 4.78 is 1.79. The summed E-state index contributed by atoms with van der Waals surface area (Å²) >= 11 is 0. The van der Waals surface area contributed by atoms with Gasteiger partial charge in [0.15, 0.2) is 5.82 Å². The molecule has 1 amide bonds. The van der Waals surface area contributed by atoms with Crippen LogP contribution in [0.5, 0.6) is 0 Å². The molecule has 1 saturated carbocycles. The van der Waals surface area contributed by atoms with E-state index in [1.807, 2.05) is 30.3 Å². The van der Waals surface area contributed by atoms with Gasteiger partial charge in [-0.25, -0.2) is 0 Å². The monoisotopic (exact) mass is 328 g/mol. The summed E-state index contributed by atoms with van der Waals surface area (Å²) in [5.74, 6) is 0.904. The van der Waals surface area contributed by atoms with Crippen LogP contribution in [0.1, 0.15) is 38.4 Å². The van der Waals surface area contributed by atoms with Gasteiger partial charge in [0, 0.05) is 19.0 Å². The van der Waals surface area contributed by atoms with Gasteiger partial charge in [0.1, 0.15) is 0 Å². The summed E-state index contributed by atoms with van der Waals surface area (Å²) in [5.41, 5.74) is 0.972. The lowest BCUT2D eigenvalue weighted by Gasteiger charge is -2.34. The Morgan fingerprint density at radius 2 is 1.96 bits per heavy atom. The lowest BCUT2D eigenvalue weighted by molar-refractivity contribution is -0.119. The highest BCUT2D eigenvalue weighted by atomic mass is 16.1. The molecule has 7 heteroatoms. The maximum atomic E-state index is 11.2. The Balaban J connectivity index is 1.60. The molecular weight excluding hydrogens is 304 g/mol. The van der Waals surface area contributed by atoms with E-state index in [4.69, 9.17) is 0 Å². The van der Waals surface area contributed by atoms with Gasteiger partial charge in [-0.3, -0.25) is 9.69 Å². The quantitative estimate of drug-likeness (QED) is 0.901. The van der Waals surface area contributed by atoms with E-state index in [9.17, 15) is 4.79 Å². The molecule has 128 valence electrons. The minimum absolute atomic E-state index is 0.0637. The predicted octanol–water partition coefficient (Wildman–Crippen LogP) is 1.54. The average Bonchev–Trinajstić information content (AvgIpc) is 3.04. The molecule has 3 rings (SSSR count). The van der Waals surface area contributed by atoms with Gasteiger partial charge < -0.3 is 5.32 Å². The number of rotatable bonds is 5. The molecule has 2 aromatic rings. The average molecular weight is 328 g/mol. The second-order valence-electron chi connectivity index (χ2n) is 6.46. The molecule has 0 saturated heterocycles. The first-order valence-electron chi connectivity index (χ1n) is 8.43. The second-order valence-corrected chi connectivity index (χ2v) is 6.46. The molecule has 24 heavy (non-hydrogen) atoms. The van der Waals surface area contributed by atoms with Crippen LogP contribution in [-0.4, -0.2) is 50.1 Å². The fourth-order valence-corrected chi connectivity index (χ4v) is 3.37. The van der Waals surface area contributed by atoms with Crippen molar-refractivity contribution in [1.82, 2.24) is 30.4 Å². The summed E-state index contributed by atoms with van der Waals surface area (Å²) in [6, 6.07) is 10.8. The SMILES string of the molecule is CC(=O)NC1CCC(N(C)Cc2nnnn2-c2ccccc2)CC1. The number of para-hydroxylation sites is 1. The topological polar surface area (TPSA) is 75.9 Å². The molecule has 0 unspecified atom stereocenters. The van der Waals surface area contributed by atoms with Crippen molar-refractivity contribution in [1.29, 1.82) is 0 Å². The van der Waals surface area contributed by atoms with Crippen LogP contribution in [0, 0.1) is 0 Å². The van der Waals surface area contributed by atoms with Gasteiger partial charge in [0.25, 0.3) is 0 Å². The zero-order chi connectivity index (χ0) is 16.9. The maximum absolute atomic E-state index is 11.2. The second kappa shape index (κ2) is 7.53. The third-order valence-corrected chi connectivity index (χ3v) is 4.65. The normalized spacial score (nSPS) is 21.0. The number of amides is 1. The lowest BCUT2D eigenvalue weighted by Crippen LogP contribution is -2.42. The fourth-order valence-electron chi connectivity index (χ4n) is 3.37. The summed E-state index contributed by atoms with van der Waals surface area (Å²) in [5, 5.41) is 15.1. The molecule has 0 bridgehead atoms. The number of nitrogens with one attached hydrogen (secondary N) is 1. The molecule has 1 aromatic heterocycles. The van der Waals surface area contributed by atoms with Crippen LogP contribution in [0.2, 0.25) is 0 Å². The van der Waals surface area contributed by atoms with Crippen LogP contribution in [0.3, 0.4) is 0 Å². The number of hydrogen-bond acceptors (Lipinski definition) is 5. The molecule has 1 heterocycles. The van der Waals surface area contributed by atoms with E-state index in [0.717, 1.165) is 37.2 Å². The molecule has 0 atom stereocenters. The standard InChI is InChI=1S/C17H24N6O/c1-13(24)18-14-8-10-15(11-9-14)22(2)12-17-19-20-21-23(17)16-6-4-3-5-7-16/h3-7,14-15H,8-12H2,1-2H3,(H,18,24). The van der Waals surface area contributed by atoms with E-state index in [2.05, 4.69) is 32.8 Å².